The van der Waals surface area contributed by atoms with Gasteiger partial charge in [-0.05, 0) is 31.6 Å². The predicted molar refractivity (Wildman–Crippen MR) is 67.5 cm³/mol. The number of nitrogens with zero attached hydrogens (tertiary/aromatic N) is 2. The van der Waals surface area contributed by atoms with Crippen molar-refractivity contribution in [3.63, 3.8) is 0 Å². The summed E-state index contributed by atoms with van der Waals surface area (Å²) in [6, 6.07) is 0.108. The van der Waals surface area contributed by atoms with Gasteiger partial charge in [-0.25, -0.2) is 4.99 Å². The summed E-state index contributed by atoms with van der Waals surface area (Å²) < 4.78 is 0. The highest BCUT2D eigenvalue weighted by molar-refractivity contribution is 5.89. The highest BCUT2D eigenvalue weighted by Gasteiger charge is 2.44. The van der Waals surface area contributed by atoms with Crippen LogP contribution in [0.1, 0.15) is 33.6 Å². The molecule has 1 saturated carbocycles. The van der Waals surface area contributed by atoms with Crippen molar-refractivity contribution in [2.45, 2.75) is 45.3 Å². The largest absolute Gasteiger partial charge is 0.382 e. The predicted octanol–water partition coefficient (Wildman–Crippen LogP) is 1.47. The first-order valence-electron chi connectivity index (χ1n) is 6.23. The number of carbonyl (C=O) groups excluding carboxylic acids is 1. The van der Waals surface area contributed by atoms with Crippen LogP contribution in [0.15, 0.2) is 9.98 Å². The molecule has 0 aromatic carbocycles. The van der Waals surface area contributed by atoms with E-state index in [1.54, 1.807) is 13.3 Å². The van der Waals surface area contributed by atoms with Gasteiger partial charge in [-0.15, -0.1) is 0 Å². The SMILES string of the molecule is CC1CC(C(C)C2C=NC=N2)C[C@](C)(O)C1=O. The van der Waals surface area contributed by atoms with E-state index in [0.717, 1.165) is 6.42 Å². The van der Waals surface area contributed by atoms with Crippen molar-refractivity contribution in [2.24, 2.45) is 27.7 Å². The van der Waals surface area contributed by atoms with Crippen LogP contribution in [0.25, 0.3) is 0 Å². The second-order valence-corrected chi connectivity index (χ2v) is 5.65. The van der Waals surface area contributed by atoms with Crippen LogP contribution in [0, 0.1) is 17.8 Å². The zero-order valence-corrected chi connectivity index (χ0v) is 10.6. The molecular weight excluding hydrogens is 216 g/mol. The van der Waals surface area contributed by atoms with Crippen molar-refractivity contribution in [1.82, 2.24) is 0 Å². The van der Waals surface area contributed by atoms with Crippen molar-refractivity contribution in [3.05, 3.63) is 0 Å². The van der Waals surface area contributed by atoms with Crippen LogP contribution < -0.4 is 0 Å². The van der Waals surface area contributed by atoms with Gasteiger partial charge < -0.3 is 5.11 Å². The van der Waals surface area contributed by atoms with Gasteiger partial charge in [0.1, 0.15) is 11.9 Å². The summed E-state index contributed by atoms with van der Waals surface area (Å²) in [5.74, 6) is 0.557. The maximum absolute atomic E-state index is 11.8. The van der Waals surface area contributed by atoms with E-state index in [0.29, 0.717) is 18.3 Å². The van der Waals surface area contributed by atoms with E-state index >= 15 is 0 Å². The average molecular weight is 236 g/mol. The standard InChI is InChI=1S/C13H20N2O2/c1-8-4-10(5-13(3,17)12(8)16)9(2)11-6-14-7-15-11/h6-11,17H,4-5H2,1-3H3/t8?,9?,10?,11?,13-/m0/s1. The van der Waals surface area contributed by atoms with Crippen molar-refractivity contribution in [2.75, 3.05) is 0 Å². The number of aliphatic imine (C=N–C) groups is 2. The second-order valence-electron chi connectivity index (χ2n) is 5.65. The fraction of sp³-hybridized carbons (Fsp3) is 0.769. The molecule has 0 spiro atoms. The van der Waals surface area contributed by atoms with Crippen molar-refractivity contribution >= 4 is 18.3 Å². The lowest BCUT2D eigenvalue weighted by Gasteiger charge is -2.39. The van der Waals surface area contributed by atoms with Crippen LogP contribution in [0.4, 0.5) is 0 Å². The number of carbonyl (C=O) groups is 1. The van der Waals surface area contributed by atoms with E-state index in [1.807, 2.05) is 13.1 Å². The van der Waals surface area contributed by atoms with E-state index in [4.69, 9.17) is 0 Å². The van der Waals surface area contributed by atoms with Crippen molar-refractivity contribution < 1.29 is 9.90 Å². The van der Waals surface area contributed by atoms with E-state index in [9.17, 15) is 9.90 Å². The van der Waals surface area contributed by atoms with Crippen molar-refractivity contribution in [1.29, 1.82) is 0 Å². The molecule has 0 amide bonds. The summed E-state index contributed by atoms with van der Waals surface area (Å²) in [6.45, 7) is 5.67. The van der Waals surface area contributed by atoms with Crippen LogP contribution in [-0.4, -0.2) is 35.1 Å². The summed E-state index contributed by atoms with van der Waals surface area (Å²) in [6.07, 6.45) is 4.81. The van der Waals surface area contributed by atoms with Gasteiger partial charge in [-0.2, -0.15) is 0 Å². The Bertz CT molecular complexity index is 362. The minimum atomic E-state index is -1.17. The Kier molecular flexibility index (Phi) is 3.17. The molecule has 1 aliphatic carbocycles. The Balaban J connectivity index is 2.09. The van der Waals surface area contributed by atoms with Crippen LogP contribution >= 0.6 is 0 Å². The van der Waals surface area contributed by atoms with Gasteiger partial charge in [0.2, 0.25) is 0 Å². The van der Waals surface area contributed by atoms with Crippen LogP contribution in [0.2, 0.25) is 0 Å². The van der Waals surface area contributed by atoms with Crippen LogP contribution in [-0.2, 0) is 4.79 Å². The molecule has 2 rings (SSSR count). The van der Waals surface area contributed by atoms with Gasteiger partial charge in [-0.3, -0.25) is 9.79 Å². The highest BCUT2D eigenvalue weighted by atomic mass is 16.3. The third-order valence-corrected chi connectivity index (χ3v) is 4.12. The summed E-state index contributed by atoms with van der Waals surface area (Å²) in [7, 11) is 0. The molecule has 0 aromatic rings. The normalized spacial score (nSPS) is 43.1. The summed E-state index contributed by atoms with van der Waals surface area (Å²) in [5.41, 5.74) is -1.17. The van der Waals surface area contributed by atoms with E-state index < -0.39 is 5.60 Å². The maximum atomic E-state index is 11.8. The van der Waals surface area contributed by atoms with E-state index in [1.165, 1.54) is 0 Å². The van der Waals surface area contributed by atoms with Gasteiger partial charge in [0.05, 0.1) is 6.04 Å². The monoisotopic (exact) mass is 236 g/mol. The van der Waals surface area contributed by atoms with Gasteiger partial charge in [-0.1, -0.05) is 13.8 Å². The Morgan fingerprint density at radius 1 is 1.59 bits per heavy atom. The Hall–Kier alpha value is -1.03. The molecule has 1 heterocycles. The third-order valence-electron chi connectivity index (χ3n) is 4.12. The fourth-order valence-corrected chi connectivity index (χ4v) is 3.02. The van der Waals surface area contributed by atoms with Crippen LogP contribution in [0.5, 0.6) is 0 Å². The van der Waals surface area contributed by atoms with Gasteiger partial charge >= 0.3 is 0 Å². The third kappa shape index (κ3) is 2.32. The lowest BCUT2D eigenvalue weighted by molar-refractivity contribution is -0.147. The molecule has 5 atom stereocenters. The molecule has 1 N–H and O–H groups in total. The molecule has 0 bridgehead atoms. The van der Waals surface area contributed by atoms with Gasteiger partial charge in [0.25, 0.3) is 0 Å². The lowest BCUT2D eigenvalue weighted by Crippen LogP contribution is -2.48. The number of hydrogen-bond acceptors (Lipinski definition) is 4. The summed E-state index contributed by atoms with van der Waals surface area (Å²) in [5, 5.41) is 10.2. The maximum Gasteiger partial charge on any atom is 0.166 e. The van der Waals surface area contributed by atoms with Gasteiger partial charge in [0, 0.05) is 12.1 Å². The van der Waals surface area contributed by atoms with E-state index in [2.05, 4.69) is 16.9 Å². The minimum Gasteiger partial charge on any atom is -0.382 e. The topological polar surface area (TPSA) is 62.0 Å². The molecule has 0 saturated heterocycles. The fourth-order valence-electron chi connectivity index (χ4n) is 3.02. The number of ketones is 1. The Morgan fingerprint density at radius 2 is 2.29 bits per heavy atom. The Labute approximate surface area is 102 Å². The van der Waals surface area contributed by atoms with E-state index in [-0.39, 0.29) is 17.7 Å². The number of Topliss-reactive ketones (excluding diaryl/α,β-unsaturated/α-hetero) is 1. The number of aliphatic hydroxyl groups is 1. The molecular formula is C13H20N2O2. The van der Waals surface area contributed by atoms with Crippen LogP contribution in [0.3, 0.4) is 0 Å². The molecule has 17 heavy (non-hydrogen) atoms. The van der Waals surface area contributed by atoms with Crippen molar-refractivity contribution in [3.8, 4) is 0 Å². The molecule has 4 unspecified atom stereocenters. The first-order chi connectivity index (χ1) is 7.92. The smallest absolute Gasteiger partial charge is 0.166 e. The average Bonchev–Trinajstić information content (AvgIpc) is 2.77. The molecule has 2 aliphatic rings. The second kappa shape index (κ2) is 4.33. The number of rotatable bonds is 2. The highest BCUT2D eigenvalue weighted by Crippen LogP contribution is 2.38. The molecule has 0 aromatic heterocycles. The Morgan fingerprint density at radius 3 is 2.82 bits per heavy atom. The molecule has 1 aliphatic heterocycles. The minimum absolute atomic E-state index is 0.0236. The lowest BCUT2D eigenvalue weighted by atomic mass is 9.68. The van der Waals surface area contributed by atoms with Gasteiger partial charge in [0.15, 0.2) is 5.78 Å². The first kappa shape index (κ1) is 12.4. The zero-order chi connectivity index (χ0) is 12.6. The molecule has 4 nitrogen and oxygen atoms in total. The molecule has 0 radical (unpaired) electrons. The molecule has 1 fully saturated rings. The summed E-state index contributed by atoms with van der Waals surface area (Å²) >= 11 is 0. The number of hydrogen-bond donors (Lipinski definition) is 1. The zero-order valence-electron chi connectivity index (χ0n) is 10.6. The molecule has 94 valence electrons. The quantitative estimate of drug-likeness (QED) is 0.789. The molecule has 4 heteroatoms. The first-order valence-corrected chi connectivity index (χ1v) is 6.23. The summed E-state index contributed by atoms with van der Waals surface area (Å²) in [4.78, 5) is 20.1.